The number of amides is 1. The van der Waals surface area contributed by atoms with Crippen molar-refractivity contribution in [2.24, 2.45) is 0 Å². The summed E-state index contributed by atoms with van der Waals surface area (Å²) < 4.78 is 5.45. The third-order valence-corrected chi connectivity index (χ3v) is 2.21. The van der Waals surface area contributed by atoms with E-state index in [1.165, 1.54) is 18.2 Å². The molecular weight excluding hydrogens is 258 g/mol. The molecule has 6 heteroatoms. The van der Waals surface area contributed by atoms with Crippen molar-refractivity contribution < 1.29 is 20.0 Å². The number of amidine groups is 1. The van der Waals surface area contributed by atoms with Crippen LogP contribution in [-0.2, 0) is 0 Å². The van der Waals surface area contributed by atoms with E-state index in [4.69, 9.17) is 10.1 Å². The number of hydrogen-bond acceptors (Lipinski definition) is 4. The third-order valence-electron chi connectivity index (χ3n) is 2.21. The average molecular weight is 278 g/mol. The summed E-state index contributed by atoms with van der Waals surface area (Å²) in [5, 5.41) is 20.5. The molecule has 0 atom stereocenters. The summed E-state index contributed by atoms with van der Waals surface area (Å²) in [6.45, 7) is 3.72. The summed E-state index contributed by atoms with van der Waals surface area (Å²) in [5.41, 5.74) is 0.265. The molecule has 1 aromatic rings. The number of carbonyl (C=O) groups is 1. The second-order valence-corrected chi connectivity index (χ2v) is 4.41. The van der Waals surface area contributed by atoms with Crippen molar-refractivity contribution in [3.8, 4) is 11.5 Å². The average Bonchev–Trinajstić information content (AvgIpc) is 2.34. The van der Waals surface area contributed by atoms with Gasteiger partial charge >= 0.3 is 5.91 Å². The quantitative estimate of drug-likeness (QED) is 0.443. The number of phenols is 1. The normalized spacial score (nSPS) is 10.6. The van der Waals surface area contributed by atoms with Gasteiger partial charge in [0, 0.05) is 25.4 Å². The molecule has 5 N–H and O–H groups in total. The number of aromatic hydroxyl groups is 1. The lowest BCUT2D eigenvalue weighted by molar-refractivity contribution is -0.115. The third kappa shape index (κ3) is 5.01. The van der Waals surface area contributed by atoms with Gasteiger partial charge in [-0.1, -0.05) is 0 Å². The molecule has 0 aliphatic carbocycles. The first-order valence-corrected chi connectivity index (χ1v) is 6.20. The molecule has 0 unspecified atom stereocenters. The molecule has 0 aliphatic heterocycles. The molecule has 6 nitrogen and oxygen atoms in total. The van der Waals surface area contributed by atoms with Crippen molar-refractivity contribution in [1.82, 2.24) is 10.6 Å². The fraction of sp³-hybridized carbons (Fsp3) is 0.286. The van der Waals surface area contributed by atoms with E-state index in [9.17, 15) is 9.90 Å². The highest BCUT2D eigenvalue weighted by molar-refractivity contribution is 6.08. The van der Waals surface area contributed by atoms with Crippen LogP contribution in [0.25, 0.3) is 0 Å². The number of hydrogen-bond donors (Lipinski definition) is 4. The van der Waals surface area contributed by atoms with Crippen molar-refractivity contribution in [2.75, 3.05) is 7.05 Å². The first kappa shape index (κ1) is 15.6. The zero-order valence-corrected chi connectivity index (χ0v) is 11.8. The van der Waals surface area contributed by atoms with Gasteiger partial charge in [-0.15, -0.1) is 0 Å². The molecule has 0 bridgehead atoms. The second-order valence-electron chi connectivity index (χ2n) is 4.41. The van der Waals surface area contributed by atoms with Gasteiger partial charge in [0.2, 0.25) is 0 Å². The van der Waals surface area contributed by atoms with Crippen molar-refractivity contribution in [3.63, 3.8) is 0 Å². The predicted octanol–water partition coefficient (Wildman–Crippen LogP) is -0.200. The second kappa shape index (κ2) is 7.18. The maximum Gasteiger partial charge on any atom is 0.339 e. The van der Waals surface area contributed by atoms with Gasteiger partial charge in [-0.25, -0.2) is 10.1 Å². The number of phenolic OH excluding ortho intramolecular Hbond substituents is 1. The Labute approximate surface area is 118 Å². The molecule has 108 valence electrons. The molecule has 1 aromatic carbocycles. The molecule has 1 rings (SSSR count). The minimum absolute atomic E-state index is 0.0439. The highest BCUT2D eigenvalue weighted by atomic mass is 16.5. The van der Waals surface area contributed by atoms with E-state index in [-0.39, 0.29) is 23.3 Å². The molecule has 0 aromatic heterocycles. The first-order valence-electron chi connectivity index (χ1n) is 6.20. The Morgan fingerprint density at radius 3 is 2.70 bits per heavy atom. The number of benzene rings is 1. The lowest BCUT2D eigenvalue weighted by atomic mass is 10.2. The minimum atomic E-state index is -0.423. The van der Waals surface area contributed by atoms with Gasteiger partial charge in [-0.2, -0.15) is 0 Å². The predicted molar refractivity (Wildman–Crippen MR) is 76.5 cm³/mol. The summed E-state index contributed by atoms with van der Waals surface area (Å²) in [6, 6.07) is 4.34. The van der Waals surface area contributed by atoms with Gasteiger partial charge in [0.15, 0.2) is 0 Å². The fourth-order valence-electron chi connectivity index (χ4n) is 1.47. The SMILES string of the molecule is CN/C=C\C(=[NH2+])NC(=O)c1cc(O)cc(OC(C)C)c1. The number of ether oxygens (including phenoxy) is 1. The van der Waals surface area contributed by atoms with Crippen LogP contribution in [0.2, 0.25) is 0 Å². The maximum absolute atomic E-state index is 12.0. The monoisotopic (exact) mass is 278 g/mol. The van der Waals surface area contributed by atoms with Gasteiger partial charge in [0.1, 0.15) is 11.5 Å². The van der Waals surface area contributed by atoms with E-state index < -0.39 is 5.91 Å². The zero-order valence-electron chi connectivity index (χ0n) is 11.8. The largest absolute Gasteiger partial charge is 0.508 e. The Morgan fingerprint density at radius 1 is 1.40 bits per heavy atom. The molecule has 0 aliphatic rings. The number of carbonyl (C=O) groups excluding carboxylic acids is 1. The van der Waals surface area contributed by atoms with Gasteiger partial charge in [0.05, 0.1) is 11.7 Å². The van der Waals surface area contributed by atoms with Crippen molar-refractivity contribution in [3.05, 3.63) is 36.0 Å². The molecule has 20 heavy (non-hydrogen) atoms. The smallest absolute Gasteiger partial charge is 0.339 e. The number of rotatable bonds is 5. The van der Waals surface area contributed by atoms with Crippen molar-refractivity contribution >= 4 is 11.7 Å². The molecule has 1 amide bonds. The van der Waals surface area contributed by atoms with Crippen LogP contribution in [0.5, 0.6) is 11.5 Å². The minimum Gasteiger partial charge on any atom is -0.508 e. The summed E-state index contributed by atoms with van der Waals surface area (Å²) in [4.78, 5) is 12.0. The first-order chi connectivity index (χ1) is 9.42. The lowest BCUT2D eigenvalue weighted by Gasteiger charge is -2.10. The van der Waals surface area contributed by atoms with Crippen LogP contribution in [0.3, 0.4) is 0 Å². The zero-order chi connectivity index (χ0) is 15.1. The summed E-state index contributed by atoms with van der Waals surface area (Å²) in [6.07, 6.45) is 3.06. The Hall–Kier alpha value is -2.50. The van der Waals surface area contributed by atoms with E-state index in [1.54, 1.807) is 19.3 Å². The van der Waals surface area contributed by atoms with Gasteiger partial charge in [0.25, 0.3) is 5.84 Å². The van der Waals surface area contributed by atoms with E-state index in [1.807, 2.05) is 13.8 Å². The van der Waals surface area contributed by atoms with Crippen LogP contribution in [0.1, 0.15) is 24.2 Å². The topological polar surface area (TPSA) is 96.2 Å². The molecule has 0 saturated heterocycles. The highest BCUT2D eigenvalue weighted by Crippen LogP contribution is 2.22. The van der Waals surface area contributed by atoms with Crippen LogP contribution in [0.15, 0.2) is 30.5 Å². The van der Waals surface area contributed by atoms with Crippen LogP contribution in [0.4, 0.5) is 0 Å². The standard InChI is InChI=1S/C14H19N3O3/c1-9(2)20-12-7-10(6-11(18)8-12)14(19)17-13(15)4-5-16-3/h4-9,16,18H,1-3H3,(H2,15,17,19)/p+1/b5-4-. The number of nitrogens with two attached hydrogens (primary N) is 1. The summed E-state index contributed by atoms with van der Waals surface area (Å²) in [7, 11) is 1.72. The van der Waals surface area contributed by atoms with Crippen LogP contribution >= 0.6 is 0 Å². The van der Waals surface area contributed by atoms with Crippen molar-refractivity contribution in [1.29, 1.82) is 0 Å². The van der Waals surface area contributed by atoms with Crippen molar-refractivity contribution in [2.45, 2.75) is 20.0 Å². The maximum atomic E-state index is 12.0. The van der Waals surface area contributed by atoms with Crippen LogP contribution < -0.4 is 20.8 Å². The Morgan fingerprint density at radius 2 is 2.10 bits per heavy atom. The highest BCUT2D eigenvalue weighted by Gasteiger charge is 2.15. The molecule has 0 spiro atoms. The van der Waals surface area contributed by atoms with Gasteiger partial charge in [-0.05, 0) is 26.0 Å². The Bertz CT molecular complexity index is 524. The number of nitrogens with one attached hydrogen (secondary N) is 2. The van der Waals surface area contributed by atoms with E-state index >= 15 is 0 Å². The molecule has 0 radical (unpaired) electrons. The van der Waals surface area contributed by atoms with E-state index in [2.05, 4.69) is 10.6 Å². The van der Waals surface area contributed by atoms with E-state index in [0.29, 0.717) is 5.75 Å². The van der Waals surface area contributed by atoms with Gasteiger partial charge in [-0.3, -0.25) is 5.41 Å². The molecule has 0 heterocycles. The molecule has 0 saturated carbocycles. The molecular formula is C14H20N3O3+. The van der Waals surface area contributed by atoms with Crippen LogP contribution in [0, 0.1) is 0 Å². The summed E-state index contributed by atoms with van der Waals surface area (Å²) >= 11 is 0. The fourth-order valence-corrected chi connectivity index (χ4v) is 1.47. The van der Waals surface area contributed by atoms with E-state index in [0.717, 1.165) is 0 Å². The Balaban J connectivity index is 2.84. The molecule has 0 fully saturated rings. The lowest BCUT2D eigenvalue weighted by Crippen LogP contribution is -2.49. The Kier molecular flexibility index (Phi) is 5.58. The summed E-state index contributed by atoms with van der Waals surface area (Å²) in [5.74, 6) is 0.152. The van der Waals surface area contributed by atoms with Gasteiger partial charge < -0.3 is 15.2 Å². The van der Waals surface area contributed by atoms with Crippen LogP contribution in [-0.4, -0.2) is 30.0 Å².